The SMILES string of the molecule is CC(C)CCC(=O)Nc1ccc(O)cc1Cl. The normalized spacial score (nSPS) is 10.5. The van der Waals surface area contributed by atoms with E-state index in [2.05, 4.69) is 19.2 Å². The van der Waals surface area contributed by atoms with E-state index in [4.69, 9.17) is 16.7 Å². The van der Waals surface area contributed by atoms with Crippen LogP contribution < -0.4 is 5.32 Å². The van der Waals surface area contributed by atoms with E-state index in [9.17, 15) is 4.79 Å². The van der Waals surface area contributed by atoms with Crippen molar-refractivity contribution >= 4 is 23.2 Å². The van der Waals surface area contributed by atoms with Crippen LogP contribution in [0.4, 0.5) is 5.69 Å². The third-order valence-corrected chi connectivity index (χ3v) is 2.49. The van der Waals surface area contributed by atoms with E-state index in [0.29, 0.717) is 23.0 Å². The molecule has 0 fully saturated rings. The average molecular weight is 242 g/mol. The Balaban J connectivity index is 2.56. The van der Waals surface area contributed by atoms with Crippen molar-refractivity contribution in [3.8, 4) is 5.75 Å². The van der Waals surface area contributed by atoms with E-state index in [1.54, 1.807) is 6.07 Å². The van der Waals surface area contributed by atoms with Crippen molar-refractivity contribution in [3.05, 3.63) is 23.2 Å². The smallest absolute Gasteiger partial charge is 0.224 e. The molecule has 0 aliphatic rings. The van der Waals surface area contributed by atoms with Gasteiger partial charge in [0.05, 0.1) is 10.7 Å². The third-order valence-electron chi connectivity index (χ3n) is 2.18. The van der Waals surface area contributed by atoms with Crippen LogP contribution in [-0.2, 0) is 4.79 Å². The van der Waals surface area contributed by atoms with E-state index in [1.807, 2.05) is 0 Å². The van der Waals surface area contributed by atoms with Crippen LogP contribution >= 0.6 is 11.6 Å². The fourth-order valence-corrected chi connectivity index (χ4v) is 1.46. The van der Waals surface area contributed by atoms with Crippen LogP contribution in [-0.4, -0.2) is 11.0 Å². The molecule has 0 aromatic heterocycles. The number of phenols is 1. The van der Waals surface area contributed by atoms with Crippen LogP contribution in [0.25, 0.3) is 0 Å². The van der Waals surface area contributed by atoms with Crippen molar-refractivity contribution < 1.29 is 9.90 Å². The van der Waals surface area contributed by atoms with Crippen molar-refractivity contribution in [1.29, 1.82) is 0 Å². The Morgan fingerprint density at radius 3 is 2.75 bits per heavy atom. The molecule has 0 aliphatic carbocycles. The van der Waals surface area contributed by atoms with Gasteiger partial charge in [-0.05, 0) is 24.5 Å². The predicted molar refractivity (Wildman–Crippen MR) is 65.8 cm³/mol. The molecule has 1 rings (SSSR count). The first-order valence-corrected chi connectivity index (χ1v) is 5.65. The quantitative estimate of drug-likeness (QED) is 0.794. The zero-order valence-electron chi connectivity index (χ0n) is 9.46. The summed E-state index contributed by atoms with van der Waals surface area (Å²) in [6.45, 7) is 4.14. The lowest BCUT2D eigenvalue weighted by molar-refractivity contribution is -0.116. The Morgan fingerprint density at radius 2 is 2.19 bits per heavy atom. The van der Waals surface area contributed by atoms with E-state index in [-0.39, 0.29) is 11.7 Å². The largest absolute Gasteiger partial charge is 0.508 e. The fourth-order valence-electron chi connectivity index (χ4n) is 1.24. The number of halogens is 1. The lowest BCUT2D eigenvalue weighted by Gasteiger charge is -2.08. The molecule has 0 bridgehead atoms. The summed E-state index contributed by atoms with van der Waals surface area (Å²) in [6, 6.07) is 4.48. The molecular weight excluding hydrogens is 226 g/mol. The van der Waals surface area contributed by atoms with Gasteiger partial charge < -0.3 is 10.4 Å². The molecule has 2 N–H and O–H groups in total. The minimum atomic E-state index is -0.0544. The standard InChI is InChI=1S/C12H16ClNO2/c1-8(2)3-6-12(16)14-11-5-4-9(15)7-10(11)13/h4-5,7-8,15H,3,6H2,1-2H3,(H,14,16). The highest BCUT2D eigenvalue weighted by atomic mass is 35.5. The number of carbonyl (C=O) groups is 1. The van der Waals surface area contributed by atoms with Crippen molar-refractivity contribution in [2.75, 3.05) is 5.32 Å². The zero-order chi connectivity index (χ0) is 12.1. The van der Waals surface area contributed by atoms with Gasteiger partial charge in [-0.2, -0.15) is 0 Å². The number of benzene rings is 1. The highest BCUT2D eigenvalue weighted by Gasteiger charge is 2.07. The van der Waals surface area contributed by atoms with E-state index in [1.165, 1.54) is 12.1 Å². The summed E-state index contributed by atoms with van der Waals surface area (Å²) >= 11 is 5.86. The summed E-state index contributed by atoms with van der Waals surface area (Å²) in [7, 11) is 0. The maximum absolute atomic E-state index is 11.5. The lowest BCUT2D eigenvalue weighted by Crippen LogP contribution is -2.12. The van der Waals surface area contributed by atoms with E-state index < -0.39 is 0 Å². The summed E-state index contributed by atoms with van der Waals surface area (Å²) < 4.78 is 0. The minimum absolute atomic E-state index is 0.0544. The van der Waals surface area contributed by atoms with Gasteiger partial charge in [-0.3, -0.25) is 4.79 Å². The van der Waals surface area contributed by atoms with Gasteiger partial charge in [-0.25, -0.2) is 0 Å². The second-order valence-corrected chi connectivity index (χ2v) is 4.55. The number of amides is 1. The second kappa shape index (κ2) is 5.75. The maximum Gasteiger partial charge on any atom is 0.224 e. The fraction of sp³-hybridized carbons (Fsp3) is 0.417. The Kier molecular flexibility index (Phi) is 4.62. The third kappa shape index (κ3) is 4.11. The monoisotopic (exact) mass is 241 g/mol. The topological polar surface area (TPSA) is 49.3 Å². The molecule has 1 aromatic carbocycles. The Labute approximate surface area is 100 Å². The molecule has 0 spiro atoms. The molecule has 0 saturated heterocycles. The van der Waals surface area contributed by atoms with Crippen molar-refractivity contribution in [1.82, 2.24) is 0 Å². The van der Waals surface area contributed by atoms with Crippen LogP contribution in [0.5, 0.6) is 5.75 Å². The average Bonchev–Trinajstić information content (AvgIpc) is 2.19. The van der Waals surface area contributed by atoms with E-state index in [0.717, 1.165) is 6.42 Å². The molecule has 0 atom stereocenters. The Morgan fingerprint density at radius 1 is 1.50 bits per heavy atom. The maximum atomic E-state index is 11.5. The van der Waals surface area contributed by atoms with Gasteiger partial charge in [0, 0.05) is 12.5 Å². The lowest BCUT2D eigenvalue weighted by atomic mass is 10.1. The van der Waals surface area contributed by atoms with Crippen LogP contribution in [0.3, 0.4) is 0 Å². The van der Waals surface area contributed by atoms with Gasteiger partial charge in [-0.1, -0.05) is 25.4 Å². The number of hydrogen-bond acceptors (Lipinski definition) is 2. The first-order valence-electron chi connectivity index (χ1n) is 5.27. The first kappa shape index (κ1) is 12.8. The molecule has 1 amide bonds. The first-order chi connectivity index (χ1) is 7.49. The predicted octanol–water partition coefficient (Wildman–Crippen LogP) is 3.42. The highest BCUT2D eigenvalue weighted by molar-refractivity contribution is 6.33. The molecular formula is C12H16ClNO2. The van der Waals surface area contributed by atoms with Crippen LogP contribution in [0.15, 0.2) is 18.2 Å². The molecule has 0 heterocycles. The molecule has 0 aliphatic heterocycles. The van der Waals surface area contributed by atoms with Gasteiger partial charge >= 0.3 is 0 Å². The van der Waals surface area contributed by atoms with Crippen LogP contribution in [0.2, 0.25) is 5.02 Å². The zero-order valence-corrected chi connectivity index (χ0v) is 10.2. The molecule has 0 saturated carbocycles. The highest BCUT2D eigenvalue weighted by Crippen LogP contribution is 2.26. The Hall–Kier alpha value is -1.22. The van der Waals surface area contributed by atoms with Gasteiger partial charge in [0.15, 0.2) is 0 Å². The summed E-state index contributed by atoms with van der Waals surface area (Å²) in [4.78, 5) is 11.5. The number of nitrogens with one attached hydrogen (secondary N) is 1. The number of rotatable bonds is 4. The van der Waals surface area contributed by atoms with Gasteiger partial charge in [-0.15, -0.1) is 0 Å². The van der Waals surface area contributed by atoms with E-state index >= 15 is 0 Å². The number of phenolic OH excluding ortho intramolecular Hbond substituents is 1. The van der Waals surface area contributed by atoms with Gasteiger partial charge in [0.1, 0.15) is 5.75 Å². The number of hydrogen-bond donors (Lipinski definition) is 2. The number of carbonyl (C=O) groups excluding carboxylic acids is 1. The second-order valence-electron chi connectivity index (χ2n) is 4.14. The molecule has 3 nitrogen and oxygen atoms in total. The van der Waals surface area contributed by atoms with Crippen molar-refractivity contribution in [3.63, 3.8) is 0 Å². The van der Waals surface area contributed by atoms with Crippen molar-refractivity contribution in [2.45, 2.75) is 26.7 Å². The minimum Gasteiger partial charge on any atom is -0.508 e. The molecule has 16 heavy (non-hydrogen) atoms. The van der Waals surface area contributed by atoms with Gasteiger partial charge in [0.25, 0.3) is 0 Å². The molecule has 88 valence electrons. The number of aromatic hydroxyl groups is 1. The number of anilines is 1. The molecule has 0 radical (unpaired) electrons. The van der Waals surface area contributed by atoms with Gasteiger partial charge in [0.2, 0.25) is 5.91 Å². The molecule has 4 heteroatoms. The molecule has 0 unspecified atom stereocenters. The summed E-state index contributed by atoms with van der Waals surface area (Å²) in [6.07, 6.45) is 1.33. The Bertz CT molecular complexity index is 377. The van der Waals surface area contributed by atoms with Crippen molar-refractivity contribution in [2.24, 2.45) is 5.92 Å². The van der Waals surface area contributed by atoms with Crippen LogP contribution in [0.1, 0.15) is 26.7 Å². The molecule has 1 aromatic rings. The summed E-state index contributed by atoms with van der Waals surface area (Å²) in [5, 5.41) is 12.2. The van der Waals surface area contributed by atoms with Crippen LogP contribution in [0, 0.1) is 5.92 Å². The summed E-state index contributed by atoms with van der Waals surface area (Å²) in [5.41, 5.74) is 0.535. The summed E-state index contributed by atoms with van der Waals surface area (Å²) in [5.74, 6) is 0.535.